The highest BCUT2D eigenvalue weighted by Crippen LogP contribution is 2.28. The number of hydrogen-bond acceptors (Lipinski definition) is 1. The maximum absolute atomic E-state index is 5.93. The minimum atomic E-state index is 0.0845. The molecule has 1 saturated heterocycles. The molecule has 2 N–H and O–H groups in total. The van der Waals surface area contributed by atoms with Gasteiger partial charge in [-0.3, -0.25) is 0 Å². The summed E-state index contributed by atoms with van der Waals surface area (Å²) < 4.78 is 0. The van der Waals surface area contributed by atoms with E-state index >= 15 is 0 Å². The molecular weight excluding hydrogens is 136 g/mol. The maximum atomic E-state index is 5.93. The molecule has 1 heterocycles. The van der Waals surface area contributed by atoms with Crippen LogP contribution in [0.15, 0.2) is 0 Å². The Bertz CT molecular complexity index is 134. The van der Waals surface area contributed by atoms with E-state index in [1.807, 2.05) is 0 Å². The Hall–Kier alpha value is -0.0800. The quantitative estimate of drug-likeness (QED) is 0.562. The van der Waals surface area contributed by atoms with Crippen LogP contribution >= 0.6 is 0 Å². The molecule has 65 valence electrons. The Kier molecular flexibility index (Phi) is 2.01. The summed E-state index contributed by atoms with van der Waals surface area (Å²) in [5.74, 6) is 0. The van der Waals surface area contributed by atoms with Crippen molar-refractivity contribution in [3.63, 3.8) is 0 Å². The first-order valence-electron chi connectivity index (χ1n) is 4.30. The summed E-state index contributed by atoms with van der Waals surface area (Å²) >= 11 is 0. The zero-order valence-electron chi connectivity index (χ0n) is 8.02. The molecule has 0 saturated carbocycles. The van der Waals surface area contributed by atoms with Crippen LogP contribution in [0.1, 0.15) is 40.5 Å². The van der Waals surface area contributed by atoms with Gasteiger partial charge in [-0.25, -0.2) is 5.32 Å². The smallest absolute Gasteiger partial charge is 0.0321 e. The predicted molar refractivity (Wildman–Crippen MR) is 47.5 cm³/mol. The van der Waals surface area contributed by atoms with Crippen molar-refractivity contribution in [1.82, 2.24) is 5.32 Å². The maximum Gasteiger partial charge on any atom is 0.0321 e. The Balaban J connectivity index is 2.66. The lowest BCUT2D eigenvalue weighted by molar-refractivity contribution is 0.156. The van der Waals surface area contributed by atoms with Crippen LogP contribution in [0.25, 0.3) is 0 Å². The molecule has 0 aromatic rings. The highest BCUT2D eigenvalue weighted by Gasteiger charge is 2.37. The van der Waals surface area contributed by atoms with E-state index in [-0.39, 0.29) is 11.1 Å². The predicted octanol–water partition coefficient (Wildman–Crippen LogP) is 1.27. The zero-order valence-corrected chi connectivity index (χ0v) is 8.02. The van der Waals surface area contributed by atoms with Crippen LogP contribution in [-0.2, 0) is 0 Å². The minimum absolute atomic E-state index is 0.0845. The SMILES string of the molecule is CC1(C)CC(N)CC(C)(C)[N]1. The lowest BCUT2D eigenvalue weighted by Gasteiger charge is -2.43. The van der Waals surface area contributed by atoms with Gasteiger partial charge in [-0.2, -0.15) is 0 Å². The van der Waals surface area contributed by atoms with Gasteiger partial charge in [0, 0.05) is 17.1 Å². The third-order valence-electron chi connectivity index (χ3n) is 2.13. The average molecular weight is 155 g/mol. The van der Waals surface area contributed by atoms with E-state index in [0.29, 0.717) is 6.04 Å². The molecule has 0 amide bonds. The van der Waals surface area contributed by atoms with Gasteiger partial charge in [0.2, 0.25) is 0 Å². The summed E-state index contributed by atoms with van der Waals surface area (Å²) in [7, 11) is 0. The largest absolute Gasteiger partial charge is 0.328 e. The molecule has 1 aliphatic heterocycles. The molecule has 0 bridgehead atoms. The van der Waals surface area contributed by atoms with Gasteiger partial charge in [0.1, 0.15) is 0 Å². The summed E-state index contributed by atoms with van der Waals surface area (Å²) in [5.41, 5.74) is 6.09. The lowest BCUT2D eigenvalue weighted by atomic mass is 9.80. The molecule has 11 heavy (non-hydrogen) atoms. The molecule has 1 radical (unpaired) electrons. The number of hydrogen-bond donors (Lipinski definition) is 1. The molecule has 0 atom stereocenters. The van der Waals surface area contributed by atoms with E-state index in [1.54, 1.807) is 0 Å². The molecule has 1 fully saturated rings. The molecule has 0 unspecified atom stereocenters. The monoisotopic (exact) mass is 155 g/mol. The normalized spacial score (nSPS) is 30.3. The van der Waals surface area contributed by atoms with E-state index in [0.717, 1.165) is 12.8 Å². The molecule has 1 aliphatic rings. The van der Waals surface area contributed by atoms with Crippen LogP contribution in [0.3, 0.4) is 0 Å². The van der Waals surface area contributed by atoms with E-state index in [1.165, 1.54) is 0 Å². The fraction of sp³-hybridized carbons (Fsp3) is 1.00. The van der Waals surface area contributed by atoms with Gasteiger partial charge in [0.05, 0.1) is 0 Å². The molecule has 1 rings (SSSR count). The van der Waals surface area contributed by atoms with Gasteiger partial charge >= 0.3 is 0 Å². The Morgan fingerprint density at radius 3 is 1.73 bits per heavy atom. The van der Waals surface area contributed by atoms with Gasteiger partial charge in [-0.15, -0.1) is 0 Å². The average Bonchev–Trinajstić information content (AvgIpc) is 1.49. The summed E-state index contributed by atoms with van der Waals surface area (Å²) in [4.78, 5) is 0. The van der Waals surface area contributed by atoms with Crippen molar-refractivity contribution >= 4 is 0 Å². The second kappa shape index (κ2) is 2.46. The van der Waals surface area contributed by atoms with Crippen molar-refractivity contribution in [2.75, 3.05) is 0 Å². The van der Waals surface area contributed by atoms with Crippen LogP contribution in [0.2, 0.25) is 0 Å². The van der Waals surface area contributed by atoms with Gasteiger partial charge in [0.15, 0.2) is 0 Å². The van der Waals surface area contributed by atoms with Crippen molar-refractivity contribution in [2.45, 2.75) is 57.7 Å². The fourth-order valence-corrected chi connectivity index (χ4v) is 2.27. The van der Waals surface area contributed by atoms with Crippen LogP contribution in [0, 0.1) is 0 Å². The van der Waals surface area contributed by atoms with E-state index < -0.39 is 0 Å². The fourth-order valence-electron chi connectivity index (χ4n) is 2.27. The van der Waals surface area contributed by atoms with Crippen LogP contribution in [-0.4, -0.2) is 17.1 Å². The Labute approximate surface area is 69.5 Å². The number of rotatable bonds is 0. The molecular formula is C9H19N2. The number of piperidine rings is 1. The second-order valence-corrected chi connectivity index (χ2v) is 4.90. The molecule has 0 aliphatic carbocycles. The molecule has 0 aromatic carbocycles. The molecule has 2 nitrogen and oxygen atoms in total. The van der Waals surface area contributed by atoms with Crippen molar-refractivity contribution in [2.24, 2.45) is 5.73 Å². The van der Waals surface area contributed by atoms with Gasteiger partial charge in [0.25, 0.3) is 0 Å². The van der Waals surface area contributed by atoms with E-state index in [9.17, 15) is 0 Å². The second-order valence-electron chi connectivity index (χ2n) is 4.90. The first kappa shape index (κ1) is 9.01. The van der Waals surface area contributed by atoms with Crippen molar-refractivity contribution < 1.29 is 0 Å². The lowest BCUT2D eigenvalue weighted by Crippen LogP contribution is -2.56. The van der Waals surface area contributed by atoms with Gasteiger partial charge in [-0.05, 0) is 40.5 Å². The summed E-state index contributed by atoms with van der Waals surface area (Å²) in [6.07, 6.45) is 2.05. The number of nitrogens with zero attached hydrogens (tertiary/aromatic N) is 1. The zero-order chi connectivity index (χ0) is 8.70. The van der Waals surface area contributed by atoms with E-state index in [4.69, 9.17) is 11.1 Å². The first-order valence-corrected chi connectivity index (χ1v) is 4.30. The minimum Gasteiger partial charge on any atom is -0.328 e. The summed E-state index contributed by atoms with van der Waals surface area (Å²) in [6, 6.07) is 0.331. The topological polar surface area (TPSA) is 40.1 Å². The third-order valence-corrected chi connectivity index (χ3v) is 2.13. The first-order chi connectivity index (χ1) is 4.81. The molecule has 0 spiro atoms. The van der Waals surface area contributed by atoms with Gasteiger partial charge in [-0.1, -0.05) is 0 Å². The van der Waals surface area contributed by atoms with Crippen LogP contribution in [0.4, 0.5) is 0 Å². The highest BCUT2D eigenvalue weighted by molar-refractivity contribution is 4.97. The van der Waals surface area contributed by atoms with E-state index in [2.05, 4.69) is 27.7 Å². The number of nitrogens with two attached hydrogens (primary N) is 1. The standard InChI is InChI=1S/C9H19N2/c1-8(2)5-7(10)6-9(3,4)11-8/h7H,5-6,10H2,1-4H3. The van der Waals surface area contributed by atoms with Crippen molar-refractivity contribution in [1.29, 1.82) is 0 Å². The summed E-state index contributed by atoms with van der Waals surface area (Å²) in [6.45, 7) is 8.64. The Morgan fingerprint density at radius 2 is 1.45 bits per heavy atom. The van der Waals surface area contributed by atoms with Crippen LogP contribution < -0.4 is 11.1 Å². The van der Waals surface area contributed by atoms with Crippen molar-refractivity contribution in [3.8, 4) is 0 Å². The third kappa shape index (κ3) is 2.46. The molecule has 2 heteroatoms. The highest BCUT2D eigenvalue weighted by atomic mass is 15.1. The molecule has 0 aromatic heterocycles. The Morgan fingerprint density at radius 1 is 1.09 bits per heavy atom. The summed E-state index contributed by atoms with van der Waals surface area (Å²) in [5, 5.41) is 4.72. The van der Waals surface area contributed by atoms with Crippen LogP contribution in [0.5, 0.6) is 0 Å². The van der Waals surface area contributed by atoms with Crippen molar-refractivity contribution in [3.05, 3.63) is 0 Å². The van der Waals surface area contributed by atoms with Gasteiger partial charge < -0.3 is 5.73 Å².